The zero-order chi connectivity index (χ0) is 5.54. The summed E-state index contributed by atoms with van der Waals surface area (Å²) in [5.41, 5.74) is 0. The third-order valence-electron chi connectivity index (χ3n) is 0.423. The number of rotatable bonds is 3. The lowest BCUT2D eigenvalue weighted by atomic mass is 10.6. The van der Waals surface area contributed by atoms with Crippen molar-refractivity contribution in [3.63, 3.8) is 0 Å². The van der Waals surface area contributed by atoms with Crippen LogP contribution in [0.1, 0.15) is 13.3 Å². The first-order valence-electron chi connectivity index (χ1n) is 2.34. The third-order valence-corrected chi connectivity index (χ3v) is 0.423. The van der Waals surface area contributed by atoms with E-state index < -0.39 is 0 Å². The SMILES string of the molecule is [CH2]CO/N=C/CC. The van der Waals surface area contributed by atoms with Crippen LogP contribution in [0.3, 0.4) is 0 Å². The van der Waals surface area contributed by atoms with Crippen molar-refractivity contribution in [2.24, 2.45) is 5.16 Å². The Labute approximate surface area is 44.2 Å². The molecule has 2 heteroatoms. The highest BCUT2D eigenvalue weighted by molar-refractivity contribution is 5.55. The van der Waals surface area contributed by atoms with Gasteiger partial charge in [-0.1, -0.05) is 12.1 Å². The van der Waals surface area contributed by atoms with E-state index in [1.807, 2.05) is 6.92 Å². The van der Waals surface area contributed by atoms with E-state index in [0.717, 1.165) is 6.42 Å². The molecule has 0 aliphatic heterocycles. The van der Waals surface area contributed by atoms with E-state index in [4.69, 9.17) is 0 Å². The molecule has 0 aromatic carbocycles. The van der Waals surface area contributed by atoms with E-state index in [9.17, 15) is 0 Å². The van der Waals surface area contributed by atoms with Crippen molar-refractivity contribution in [1.82, 2.24) is 0 Å². The van der Waals surface area contributed by atoms with Crippen LogP contribution in [0, 0.1) is 6.92 Å². The van der Waals surface area contributed by atoms with Crippen molar-refractivity contribution in [3.05, 3.63) is 6.92 Å². The molecular weight excluding hydrogens is 90.1 g/mol. The smallest absolute Gasteiger partial charge is 0.117 e. The van der Waals surface area contributed by atoms with E-state index in [1.54, 1.807) is 6.21 Å². The van der Waals surface area contributed by atoms with Crippen LogP contribution >= 0.6 is 0 Å². The zero-order valence-electron chi connectivity index (χ0n) is 4.55. The molecule has 0 aromatic rings. The summed E-state index contributed by atoms with van der Waals surface area (Å²) >= 11 is 0. The van der Waals surface area contributed by atoms with Gasteiger partial charge in [0.25, 0.3) is 0 Å². The van der Waals surface area contributed by atoms with Crippen molar-refractivity contribution in [2.75, 3.05) is 6.61 Å². The number of oxime groups is 1. The summed E-state index contributed by atoms with van der Waals surface area (Å²) in [7, 11) is 0. The van der Waals surface area contributed by atoms with Crippen LogP contribution in [0.25, 0.3) is 0 Å². The molecule has 41 valence electrons. The molecule has 0 rings (SSSR count). The molecule has 0 atom stereocenters. The van der Waals surface area contributed by atoms with Gasteiger partial charge in [0.1, 0.15) is 6.61 Å². The Morgan fingerprint density at radius 3 is 3.00 bits per heavy atom. The first-order chi connectivity index (χ1) is 3.41. The van der Waals surface area contributed by atoms with E-state index >= 15 is 0 Å². The number of hydrogen-bond acceptors (Lipinski definition) is 2. The number of hydrogen-bond donors (Lipinski definition) is 0. The maximum atomic E-state index is 4.53. The quantitative estimate of drug-likeness (QED) is 0.386. The van der Waals surface area contributed by atoms with Gasteiger partial charge in [0, 0.05) is 6.21 Å². The summed E-state index contributed by atoms with van der Waals surface area (Å²) in [6, 6.07) is 0. The molecule has 7 heavy (non-hydrogen) atoms. The molecule has 0 aliphatic rings. The molecule has 0 bridgehead atoms. The molecule has 0 saturated carbocycles. The van der Waals surface area contributed by atoms with E-state index in [1.165, 1.54) is 0 Å². The summed E-state index contributed by atoms with van der Waals surface area (Å²) in [4.78, 5) is 4.53. The molecular formula is C5H10NO. The highest BCUT2D eigenvalue weighted by Crippen LogP contribution is 1.72. The lowest BCUT2D eigenvalue weighted by Gasteiger charge is -1.86. The van der Waals surface area contributed by atoms with E-state index in [0.29, 0.717) is 6.61 Å². The summed E-state index contributed by atoms with van der Waals surface area (Å²) in [6.07, 6.45) is 2.62. The first kappa shape index (κ1) is 6.47. The van der Waals surface area contributed by atoms with Crippen LogP contribution in [0.4, 0.5) is 0 Å². The molecule has 0 N–H and O–H groups in total. The van der Waals surface area contributed by atoms with Gasteiger partial charge in [-0.15, -0.1) is 0 Å². The van der Waals surface area contributed by atoms with Crippen LogP contribution in [0.5, 0.6) is 0 Å². The Kier molecular flexibility index (Phi) is 5.06. The van der Waals surface area contributed by atoms with Gasteiger partial charge in [0.15, 0.2) is 0 Å². The topological polar surface area (TPSA) is 21.6 Å². The molecule has 0 spiro atoms. The second kappa shape index (κ2) is 5.47. The highest BCUT2D eigenvalue weighted by Gasteiger charge is 1.66. The van der Waals surface area contributed by atoms with Gasteiger partial charge in [-0.2, -0.15) is 0 Å². The molecule has 0 aliphatic carbocycles. The average molecular weight is 100 g/mol. The van der Waals surface area contributed by atoms with E-state index in [-0.39, 0.29) is 0 Å². The largest absolute Gasteiger partial charge is 0.396 e. The fourth-order valence-corrected chi connectivity index (χ4v) is 0.180. The van der Waals surface area contributed by atoms with Gasteiger partial charge in [0.05, 0.1) is 0 Å². The normalized spacial score (nSPS) is 10.0. The molecule has 0 saturated heterocycles. The maximum absolute atomic E-state index is 4.53. The predicted octanol–water partition coefficient (Wildman–Crippen LogP) is 1.23. The summed E-state index contributed by atoms with van der Waals surface area (Å²) in [5.74, 6) is 0. The monoisotopic (exact) mass is 100 g/mol. The molecule has 2 nitrogen and oxygen atoms in total. The predicted molar refractivity (Wildman–Crippen MR) is 30.1 cm³/mol. The van der Waals surface area contributed by atoms with Crippen molar-refractivity contribution in [1.29, 1.82) is 0 Å². The van der Waals surface area contributed by atoms with Crippen LogP contribution in [0.2, 0.25) is 0 Å². The Morgan fingerprint density at radius 2 is 2.57 bits per heavy atom. The Morgan fingerprint density at radius 1 is 1.86 bits per heavy atom. The molecule has 0 amide bonds. The average Bonchev–Trinajstić information content (AvgIpc) is 1.69. The van der Waals surface area contributed by atoms with Crippen LogP contribution in [0.15, 0.2) is 5.16 Å². The van der Waals surface area contributed by atoms with Gasteiger partial charge in [0.2, 0.25) is 0 Å². The van der Waals surface area contributed by atoms with E-state index in [2.05, 4.69) is 16.9 Å². The standard InChI is InChI=1S/C5H10NO/c1-3-5-6-7-4-2/h5H,2-4H2,1H3/b6-5+. The fraction of sp³-hybridized carbons (Fsp3) is 0.600. The summed E-state index contributed by atoms with van der Waals surface area (Å²) in [5, 5.41) is 3.52. The second-order valence-electron chi connectivity index (χ2n) is 1.03. The Hall–Kier alpha value is -0.530. The zero-order valence-corrected chi connectivity index (χ0v) is 4.55. The van der Waals surface area contributed by atoms with Gasteiger partial charge in [-0.25, -0.2) is 0 Å². The molecule has 1 radical (unpaired) electrons. The maximum Gasteiger partial charge on any atom is 0.117 e. The van der Waals surface area contributed by atoms with Gasteiger partial charge < -0.3 is 4.84 Å². The third kappa shape index (κ3) is 5.47. The lowest BCUT2D eigenvalue weighted by Crippen LogP contribution is -1.78. The van der Waals surface area contributed by atoms with Crippen molar-refractivity contribution >= 4 is 6.21 Å². The van der Waals surface area contributed by atoms with Gasteiger partial charge >= 0.3 is 0 Å². The first-order valence-corrected chi connectivity index (χ1v) is 2.34. The van der Waals surface area contributed by atoms with Gasteiger partial charge in [-0.05, 0) is 13.3 Å². The molecule has 0 unspecified atom stereocenters. The second-order valence-corrected chi connectivity index (χ2v) is 1.03. The van der Waals surface area contributed by atoms with Crippen LogP contribution in [-0.2, 0) is 4.84 Å². The summed E-state index contributed by atoms with van der Waals surface area (Å²) < 4.78 is 0. The molecule has 0 heterocycles. The van der Waals surface area contributed by atoms with Crippen molar-refractivity contribution < 1.29 is 4.84 Å². The van der Waals surface area contributed by atoms with Crippen LogP contribution in [-0.4, -0.2) is 12.8 Å². The minimum absolute atomic E-state index is 0.413. The fourth-order valence-electron chi connectivity index (χ4n) is 0.180. The number of nitrogens with zero attached hydrogens (tertiary/aromatic N) is 1. The Bertz CT molecular complexity index is 52.0. The van der Waals surface area contributed by atoms with Crippen molar-refractivity contribution in [2.45, 2.75) is 13.3 Å². The van der Waals surface area contributed by atoms with Gasteiger partial charge in [-0.3, -0.25) is 0 Å². The minimum atomic E-state index is 0.413. The molecule has 0 aromatic heterocycles. The van der Waals surface area contributed by atoms with Crippen molar-refractivity contribution in [3.8, 4) is 0 Å². The lowest BCUT2D eigenvalue weighted by molar-refractivity contribution is 0.174. The highest BCUT2D eigenvalue weighted by atomic mass is 16.6. The summed E-state index contributed by atoms with van der Waals surface area (Å²) in [6.45, 7) is 5.83. The van der Waals surface area contributed by atoms with Crippen LogP contribution < -0.4 is 0 Å². The minimum Gasteiger partial charge on any atom is -0.396 e. The Balaban J connectivity index is 2.78. The molecule has 0 fully saturated rings.